The number of carbonyl (C=O) groups is 4. The van der Waals surface area contributed by atoms with Gasteiger partial charge in [0, 0.05) is 19.5 Å². The topological polar surface area (TPSA) is 125 Å². The molecule has 0 aliphatic carbocycles. The summed E-state index contributed by atoms with van der Waals surface area (Å²) in [6.07, 6.45) is 3.75. The summed E-state index contributed by atoms with van der Waals surface area (Å²) in [4.78, 5) is 58.2. The molecule has 3 amide bonds. The summed E-state index contributed by atoms with van der Waals surface area (Å²) in [5, 5.41) is 13.5. The molecule has 10 heteroatoms. The summed E-state index contributed by atoms with van der Waals surface area (Å²) >= 11 is 0. The first-order chi connectivity index (χ1) is 22.2. The molecule has 2 bridgehead atoms. The lowest BCUT2D eigenvalue weighted by molar-refractivity contribution is -0.160. The van der Waals surface area contributed by atoms with Crippen molar-refractivity contribution in [3.05, 3.63) is 97.1 Å². The van der Waals surface area contributed by atoms with Gasteiger partial charge in [0.25, 0.3) is 0 Å². The third kappa shape index (κ3) is 6.37. The van der Waals surface area contributed by atoms with Crippen molar-refractivity contribution in [2.45, 2.75) is 69.0 Å². The van der Waals surface area contributed by atoms with Gasteiger partial charge in [0.15, 0.2) is 0 Å². The van der Waals surface area contributed by atoms with Crippen LogP contribution in [0.1, 0.15) is 49.8 Å². The molecule has 2 aromatic rings. The Kier molecular flexibility index (Phi) is 10.4. The highest BCUT2D eigenvalue weighted by Gasteiger charge is 2.75. The number of esters is 1. The Hall–Kier alpha value is -4.28. The molecule has 3 aliphatic heterocycles. The number of aliphatic hydroxyl groups excluding tert-OH is 1. The Balaban J connectivity index is 1.47. The van der Waals surface area contributed by atoms with Crippen molar-refractivity contribution in [1.29, 1.82) is 0 Å². The molecule has 0 unspecified atom stereocenters. The van der Waals surface area contributed by atoms with Crippen molar-refractivity contribution in [3.63, 3.8) is 0 Å². The summed E-state index contributed by atoms with van der Waals surface area (Å²) in [5.74, 6) is -3.44. The summed E-state index contributed by atoms with van der Waals surface area (Å²) in [6.45, 7) is 9.36. The van der Waals surface area contributed by atoms with Crippen LogP contribution < -0.4 is 5.32 Å². The van der Waals surface area contributed by atoms with Crippen LogP contribution in [0.5, 0.6) is 0 Å². The molecule has 3 aliphatic rings. The Morgan fingerprint density at radius 2 is 1.83 bits per heavy atom. The molecule has 0 radical (unpaired) electrons. The molecule has 46 heavy (non-hydrogen) atoms. The van der Waals surface area contributed by atoms with Gasteiger partial charge >= 0.3 is 5.97 Å². The number of benzene rings is 2. The maximum absolute atomic E-state index is 14.7. The van der Waals surface area contributed by atoms with Crippen LogP contribution in [0.3, 0.4) is 0 Å². The molecule has 3 fully saturated rings. The molecule has 10 nitrogen and oxygen atoms in total. The van der Waals surface area contributed by atoms with Crippen LogP contribution in [0.2, 0.25) is 0 Å². The molecule has 244 valence electrons. The van der Waals surface area contributed by atoms with Gasteiger partial charge in [0.1, 0.15) is 17.7 Å². The van der Waals surface area contributed by atoms with Crippen LogP contribution in [0.4, 0.5) is 0 Å². The number of nitrogens with one attached hydrogen (secondary N) is 1. The van der Waals surface area contributed by atoms with E-state index in [9.17, 15) is 24.3 Å². The van der Waals surface area contributed by atoms with E-state index in [4.69, 9.17) is 9.47 Å². The first-order valence-electron chi connectivity index (χ1n) is 15.9. The van der Waals surface area contributed by atoms with Crippen LogP contribution in [0.15, 0.2) is 86.0 Å². The maximum Gasteiger partial charge on any atom is 0.312 e. The average Bonchev–Trinajstić information content (AvgIpc) is 3.71. The lowest BCUT2D eigenvalue weighted by atomic mass is 9.70. The monoisotopic (exact) mass is 629 g/mol. The predicted octanol–water partition coefficient (Wildman–Crippen LogP) is 3.32. The first-order valence-corrected chi connectivity index (χ1v) is 15.9. The number of rotatable bonds is 15. The molecule has 3 saturated heterocycles. The Bertz CT molecular complexity index is 1430. The van der Waals surface area contributed by atoms with Gasteiger partial charge in [-0.05, 0) is 37.3 Å². The molecule has 7 atom stereocenters. The average molecular weight is 630 g/mol. The Morgan fingerprint density at radius 1 is 1.13 bits per heavy atom. The smallest absolute Gasteiger partial charge is 0.312 e. The van der Waals surface area contributed by atoms with E-state index in [0.717, 1.165) is 5.56 Å². The second kappa shape index (κ2) is 14.4. The van der Waals surface area contributed by atoms with Gasteiger partial charge in [-0.3, -0.25) is 19.2 Å². The molecular weight excluding hydrogens is 586 g/mol. The normalized spacial score (nSPS) is 25.8. The number of fused-ring (bicyclic) bond motifs is 1. The Morgan fingerprint density at radius 3 is 2.48 bits per heavy atom. The van der Waals surface area contributed by atoms with Gasteiger partial charge in [0.05, 0.1) is 37.1 Å². The van der Waals surface area contributed by atoms with Gasteiger partial charge < -0.3 is 29.7 Å². The van der Waals surface area contributed by atoms with E-state index in [1.165, 1.54) is 4.90 Å². The Labute approximate surface area is 270 Å². The van der Waals surface area contributed by atoms with E-state index in [0.29, 0.717) is 24.8 Å². The lowest BCUT2D eigenvalue weighted by Gasteiger charge is -2.39. The van der Waals surface area contributed by atoms with Crippen LogP contribution in [-0.2, 0) is 35.2 Å². The molecule has 0 saturated carbocycles. The number of aliphatic hydroxyl groups is 1. The third-order valence-electron chi connectivity index (χ3n) is 9.29. The molecule has 2 N–H and O–H groups in total. The predicted molar refractivity (Wildman–Crippen MR) is 171 cm³/mol. The van der Waals surface area contributed by atoms with Gasteiger partial charge in [0.2, 0.25) is 17.7 Å². The van der Waals surface area contributed by atoms with Crippen LogP contribution in [0.25, 0.3) is 0 Å². The zero-order valence-corrected chi connectivity index (χ0v) is 26.3. The van der Waals surface area contributed by atoms with Crippen molar-refractivity contribution in [2.75, 3.05) is 19.7 Å². The fourth-order valence-electron chi connectivity index (χ4n) is 7.27. The fraction of sp³-hybridized carbons (Fsp3) is 0.444. The van der Waals surface area contributed by atoms with E-state index in [1.54, 1.807) is 24.0 Å². The van der Waals surface area contributed by atoms with Crippen LogP contribution in [-0.4, -0.2) is 82.1 Å². The van der Waals surface area contributed by atoms with E-state index in [1.807, 2.05) is 60.7 Å². The standard InChI is InChI=1S/C36H43N3O7/c1-4-6-17-29(41)37-21-24(3)45-35(44)30-28-18-19-36(46-28)31(30)33(42)39(27(23-40)26-15-11-8-12-16-26)32(36)34(43)38(20-5-2)22-25-13-9-7-10-14-25/h4-5,7-16,24,27-28,30-32,40H,1-2,6,17-23H2,3H3,(H,37,41)/t24-,27+,28+,30-,31-,32+,36-/m0/s1. The molecule has 5 rings (SSSR count). The van der Waals surface area contributed by atoms with Crippen LogP contribution in [0, 0.1) is 11.8 Å². The number of allylic oxidation sites excluding steroid dienone is 1. The van der Waals surface area contributed by atoms with E-state index < -0.39 is 60.2 Å². The number of ether oxygens (including phenoxy) is 2. The minimum Gasteiger partial charge on any atom is -0.460 e. The van der Waals surface area contributed by atoms with Crippen molar-refractivity contribution in [3.8, 4) is 0 Å². The van der Waals surface area contributed by atoms with Gasteiger partial charge in [-0.15, -0.1) is 13.2 Å². The van der Waals surface area contributed by atoms with E-state index >= 15 is 0 Å². The second-order valence-electron chi connectivity index (χ2n) is 12.3. The molecule has 3 heterocycles. The number of hydrogen-bond donors (Lipinski definition) is 2. The van der Waals surface area contributed by atoms with Crippen LogP contribution >= 0.6 is 0 Å². The maximum atomic E-state index is 14.7. The summed E-state index contributed by atoms with van der Waals surface area (Å²) in [6, 6.07) is 16.7. The lowest BCUT2D eigenvalue weighted by Crippen LogP contribution is -2.57. The van der Waals surface area contributed by atoms with E-state index in [2.05, 4.69) is 18.5 Å². The van der Waals surface area contributed by atoms with Crippen molar-refractivity contribution < 1.29 is 33.8 Å². The highest BCUT2D eigenvalue weighted by Crippen LogP contribution is 2.60. The van der Waals surface area contributed by atoms with Gasteiger partial charge in [-0.2, -0.15) is 0 Å². The van der Waals surface area contributed by atoms with Crippen molar-refractivity contribution >= 4 is 23.7 Å². The number of nitrogens with zero attached hydrogens (tertiary/aromatic N) is 2. The highest BCUT2D eigenvalue weighted by molar-refractivity contribution is 5.98. The fourth-order valence-corrected chi connectivity index (χ4v) is 7.27. The molecule has 1 spiro atoms. The minimum atomic E-state index is -1.27. The minimum absolute atomic E-state index is 0.119. The highest BCUT2D eigenvalue weighted by atomic mass is 16.6. The molecular formula is C36H43N3O7. The molecule has 0 aromatic heterocycles. The van der Waals surface area contributed by atoms with E-state index in [-0.39, 0.29) is 37.9 Å². The van der Waals surface area contributed by atoms with Crippen molar-refractivity contribution in [1.82, 2.24) is 15.1 Å². The van der Waals surface area contributed by atoms with Gasteiger partial charge in [-0.1, -0.05) is 72.8 Å². The van der Waals surface area contributed by atoms with Crippen molar-refractivity contribution in [2.24, 2.45) is 11.8 Å². The summed E-state index contributed by atoms with van der Waals surface area (Å²) in [7, 11) is 0. The number of amides is 3. The third-order valence-corrected chi connectivity index (χ3v) is 9.29. The number of carbonyl (C=O) groups excluding carboxylic acids is 4. The summed E-state index contributed by atoms with van der Waals surface area (Å²) in [5.41, 5.74) is 0.302. The van der Waals surface area contributed by atoms with Gasteiger partial charge in [-0.25, -0.2) is 0 Å². The quantitative estimate of drug-likeness (QED) is 0.229. The molecule has 2 aromatic carbocycles. The first kappa shape index (κ1) is 33.1. The zero-order chi connectivity index (χ0) is 32.8. The number of hydrogen-bond acceptors (Lipinski definition) is 7. The zero-order valence-electron chi connectivity index (χ0n) is 26.3. The SMILES string of the molecule is C=CCCC(=O)NC[C@H](C)OC(=O)[C@@H]1[C@H]2C(=O)N([C@H](CO)c3ccccc3)[C@H](C(=O)N(CC=C)Cc3ccccc3)[C@]23CC[C@H]1O3. The second-order valence-corrected chi connectivity index (χ2v) is 12.3. The summed E-state index contributed by atoms with van der Waals surface area (Å²) < 4.78 is 12.4. The number of likely N-dealkylation sites (tertiary alicyclic amines) is 1. The largest absolute Gasteiger partial charge is 0.460 e.